The van der Waals surface area contributed by atoms with E-state index in [0.29, 0.717) is 0 Å². The number of hydrogen-bond donors (Lipinski definition) is 2. The third-order valence-corrected chi connectivity index (χ3v) is 4.17. The van der Waals surface area contributed by atoms with Crippen molar-refractivity contribution in [2.75, 3.05) is 20.3 Å². The van der Waals surface area contributed by atoms with Gasteiger partial charge in [0.15, 0.2) is 0 Å². The van der Waals surface area contributed by atoms with Crippen LogP contribution in [0.25, 0.3) is 0 Å². The van der Waals surface area contributed by atoms with Gasteiger partial charge in [-0.1, -0.05) is 11.6 Å². The van der Waals surface area contributed by atoms with E-state index >= 15 is 0 Å². The van der Waals surface area contributed by atoms with Gasteiger partial charge in [-0.05, 0) is 12.1 Å². The normalized spacial score (nSPS) is 13.2. The number of rotatable bonds is 7. The van der Waals surface area contributed by atoms with Crippen molar-refractivity contribution in [3.63, 3.8) is 0 Å². The summed E-state index contributed by atoms with van der Waals surface area (Å²) in [4.78, 5) is 9.63. The Balaban J connectivity index is 3.09. The Morgan fingerprint density at radius 3 is 2.70 bits per heavy atom. The molecule has 0 amide bonds. The molecule has 20 heavy (non-hydrogen) atoms. The van der Waals surface area contributed by atoms with Gasteiger partial charge in [-0.15, -0.1) is 0 Å². The summed E-state index contributed by atoms with van der Waals surface area (Å²) in [6.07, 6.45) is 0. The van der Waals surface area contributed by atoms with Gasteiger partial charge in [-0.2, -0.15) is 0 Å². The van der Waals surface area contributed by atoms with Crippen molar-refractivity contribution >= 4 is 27.3 Å². The minimum Gasteiger partial charge on any atom is -0.395 e. The van der Waals surface area contributed by atoms with Gasteiger partial charge >= 0.3 is 0 Å². The molecule has 2 N–H and O–H groups in total. The number of nitro benzene ring substituents is 1. The number of benzene rings is 1. The molecule has 112 valence electrons. The number of nitrogens with one attached hydrogen (secondary N) is 1. The average Bonchev–Trinajstić information content (AvgIpc) is 2.37. The molecule has 1 atom stereocenters. The molecule has 1 aromatic rings. The highest BCUT2D eigenvalue weighted by Gasteiger charge is 2.23. The molecule has 1 aromatic carbocycles. The standard InChI is InChI=1S/C10H13ClN2O6S/c1-19-6-7(5-14)12-20(17,18)8-2-3-9(11)10(4-8)13(15)16/h2-4,7,12,14H,5-6H2,1H3. The first-order chi connectivity index (χ1) is 9.31. The molecule has 0 aromatic heterocycles. The number of nitrogens with zero attached hydrogens (tertiary/aromatic N) is 1. The first kappa shape index (κ1) is 16.8. The van der Waals surface area contributed by atoms with E-state index in [-0.39, 0.29) is 16.5 Å². The zero-order valence-electron chi connectivity index (χ0n) is 10.4. The van der Waals surface area contributed by atoms with Crippen molar-refractivity contribution in [1.29, 1.82) is 0 Å². The van der Waals surface area contributed by atoms with Gasteiger partial charge in [0, 0.05) is 13.2 Å². The summed E-state index contributed by atoms with van der Waals surface area (Å²) in [6.45, 7) is -0.506. The number of nitro groups is 1. The van der Waals surface area contributed by atoms with Gasteiger partial charge in [-0.25, -0.2) is 13.1 Å². The summed E-state index contributed by atoms with van der Waals surface area (Å²) in [7, 11) is -2.67. The second-order valence-corrected chi connectivity index (χ2v) is 5.95. The minimum absolute atomic E-state index is 0.0363. The van der Waals surface area contributed by atoms with Crippen molar-refractivity contribution in [3.05, 3.63) is 33.3 Å². The number of aliphatic hydroxyl groups is 1. The summed E-state index contributed by atoms with van der Waals surface area (Å²) in [5.41, 5.74) is -0.512. The topological polar surface area (TPSA) is 119 Å². The second-order valence-electron chi connectivity index (χ2n) is 3.83. The van der Waals surface area contributed by atoms with Gasteiger partial charge in [0.2, 0.25) is 10.0 Å². The van der Waals surface area contributed by atoms with Crippen molar-refractivity contribution in [2.45, 2.75) is 10.9 Å². The highest BCUT2D eigenvalue weighted by molar-refractivity contribution is 7.89. The summed E-state index contributed by atoms with van der Waals surface area (Å²) in [5, 5.41) is 19.6. The number of hydrogen-bond acceptors (Lipinski definition) is 6. The minimum atomic E-state index is -4.02. The Labute approximate surface area is 120 Å². The van der Waals surface area contributed by atoms with E-state index in [0.717, 1.165) is 18.2 Å². The van der Waals surface area contributed by atoms with Crippen LogP contribution in [-0.4, -0.2) is 44.8 Å². The molecule has 0 spiro atoms. The smallest absolute Gasteiger partial charge is 0.289 e. The van der Waals surface area contributed by atoms with Gasteiger partial charge in [-0.3, -0.25) is 10.1 Å². The molecular weight excluding hydrogens is 312 g/mol. The Kier molecular flexibility index (Phi) is 5.84. The lowest BCUT2D eigenvalue weighted by Crippen LogP contribution is -2.40. The lowest BCUT2D eigenvalue weighted by Gasteiger charge is -2.15. The first-order valence-electron chi connectivity index (χ1n) is 5.38. The van der Waals surface area contributed by atoms with Crippen molar-refractivity contribution in [3.8, 4) is 0 Å². The fourth-order valence-electron chi connectivity index (χ4n) is 1.41. The van der Waals surface area contributed by atoms with Crippen LogP contribution in [0.2, 0.25) is 5.02 Å². The van der Waals surface area contributed by atoms with Crippen LogP contribution in [0, 0.1) is 10.1 Å². The zero-order valence-corrected chi connectivity index (χ0v) is 12.0. The predicted octanol–water partition coefficient (Wildman–Crippen LogP) is 0.534. The van der Waals surface area contributed by atoms with E-state index in [2.05, 4.69) is 4.72 Å². The fraction of sp³-hybridized carbons (Fsp3) is 0.400. The Bertz CT molecular complexity index is 591. The van der Waals surface area contributed by atoms with E-state index in [1.54, 1.807) is 0 Å². The molecule has 1 unspecified atom stereocenters. The molecule has 0 saturated heterocycles. The second kappa shape index (κ2) is 6.95. The molecule has 1 rings (SSSR count). The van der Waals surface area contributed by atoms with Crippen LogP contribution in [0.5, 0.6) is 0 Å². The third-order valence-electron chi connectivity index (χ3n) is 2.33. The van der Waals surface area contributed by atoms with E-state index < -0.39 is 33.3 Å². The monoisotopic (exact) mass is 324 g/mol. The summed E-state index contributed by atoms with van der Waals surface area (Å²) < 4.78 is 31.0. The molecule has 0 radical (unpaired) electrons. The van der Waals surface area contributed by atoms with Crippen molar-refractivity contribution < 1.29 is 23.2 Å². The van der Waals surface area contributed by atoms with Crippen LogP contribution in [0.3, 0.4) is 0 Å². The summed E-state index contributed by atoms with van der Waals surface area (Å²) in [6, 6.07) is 2.27. The SMILES string of the molecule is COCC(CO)NS(=O)(=O)c1ccc(Cl)c([N+](=O)[O-])c1. The number of aliphatic hydroxyl groups excluding tert-OH is 1. The zero-order chi connectivity index (χ0) is 15.3. The van der Waals surface area contributed by atoms with E-state index in [9.17, 15) is 18.5 Å². The van der Waals surface area contributed by atoms with Crippen LogP contribution in [0.15, 0.2) is 23.1 Å². The molecule has 0 bridgehead atoms. The molecule has 10 heteroatoms. The quantitative estimate of drug-likeness (QED) is 0.558. The average molecular weight is 325 g/mol. The Hall–Kier alpha value is -1.26. The summed E-state index contributed by atoms with van der Waals surface area (Å²) >= 11 is 5.61. The number of sulfonamides is 1. The lowest BCUT2D eigenvalue weighted by molar-refractivity contribution is -0.384. The van der Waals surface area contributed by atoms with Gasteiger partial charge in [0.05, 0.1) is 29.1 Å². The molecule has 0 fully saturated rings. The van der Waals surface area contributed by atoms with Gasteiger partial charge < -0.3 is 9.84 Å². The van der Waals surface area contributed by atoms with Crippen LogP contribution in [-0.2, 0) is 14.8 Å². The van der Waals surface area contributed by atoms with Crippen LogP contribution < -0.4 is 4.72 Å². The first-order valence-corrected chi connectivity index (χ1v) is 7.24. The highest BCUT2D eigenvalue weighted by Crippen LogP contribution is 2.27. The van der Waals surface area contributed by atoms with Gasteiger partial charge in [0.25, 0.3) is 5.69 Å². The molecule has 0 aliphatic heterocycles. The molecular formula is C10H13ClN2O6S. The third kappa shape index (κ3) is 4.12. The Morgan fingerprint density at radius 2 is 2.20 bits per heavy atom. The number of ether oxygens (including phenoxy) is 1. The van der Waals surface area contributed by atoms with E-state index in [1.807, 2.05) is 0 Å². The molecule has 0 aliphatic rings. The highest BCUT2D eigenvalue weighted by atomic mass is 35.5. The fourth-order valence-corrected chi connectivity index (χ4v) is 2.83. The van der Waals surface area contributed by atoms with Crippen molar-refractivity contribution in [2.24, 2.45) is 0 Å². The lowest BCUT2D eigenvalue weighted by atomic mass is 10.3. The van der Waals surface area contributed by atoms with E-state index in [4.69, 9.17) is 21.4 Å². The summed E-state index contributed by atoms with van der Waals surface area (Å²) in [5.74, 6) is 0. The van der Waals surface area contributed by atoms with Gasteiger partial charge in [0.1, 0.15) is 5.02 Å². The largest absolute Gasteiger partial charge is 0.395 e. The maximum atomic E-state index is 12.0. The van der Waals surface area contributed by atoms with Crippen LogP contribution >= 0.6 is 11.6 Å². The van der Waals surface area contributed by atoms with E-state index in [1.165, 1.54) is 7.11 Å². The molecule has 0 heterocycles. The molecule has 0 saturated carbocycles. The number of halogens is 1. The maximum absolute atomic E-state index is 12.0. The maximum Gasteiger partial charge on any atom is 0.289 e. The Morgan fingerprint density at radius 1 is 1.55 bits per heavy atom. The van der Waals surface area contributed by atoms with Crippen LogP contribution in [0.1, 0.15) is 0 Å². The predicted molar refractivity (Wildman–Crippen MR) is 71.2 cm³/mol. The number of methoxy groups -OCH3 is 1. The molecule has 0 aliphatic carbocycles. The molecule has 8 nitrogen and oxygen atoms in total. The van der Waals surface area contributed by atoms with Crippen LogP contribution in [0.4, 0.5) is 5.69 Å². The van der Waals surface area contributed by atoms with Crippen molar-refractivity contribution in [1.82, 2.24) is 4.72 Å².